The lowest BCUT2D eigenvalue weighted by atomic mass is 10.1. The molecule has 0 saturated heterocycles. The van der Waals surface area contributed by atoms with Crippen LogP contribution in [0.1, 0.15) is 25.1 Å². The molecule has 5 nitrogen and oxygen atoms in total. The second-order valence-electron chi connectivity index (χ2n) is 7.63. The van der Waals surface area contributed by atoms with Crippen LogP contribution < -0.4 is 4.74 Å². The van der Waals surface area contributed by atoms with Crippen molar-refractivity contribution in [3.8, 4) is 17.0 Å². The van der Waals surface area contributed by atoms with Crippen LogP contribution in [0.15, 0.2) is 65.6 Å². The highest BCUT2D eigenvalue weighted by atomic mass is 32.2. The van der Waals surface area contributed by atoms with Crippen molar-refractivity contribution in [1.82, 2.24) is 4.57 Å². The van der Waals surface area contributed by atoms with Crippen LogP contribution in [0.2, 0.25) is 0 Å². The van der Waals surface area contributed by atoms with E-state index in [4.69, 9.17) is 14.2 Å². The monoisotopic (exact) mass is 467 g/mol. The molecule has 1 heterocycles. The fraction of sp³-hybridized carbons (Fsp3) is 0.370. The van der Waals surface area contributed by atoms with Gasteiger partial charge in [-0.3, -0.25) is 0 Å². The minimum absolute atomic E-state index is 0.319. The Kier molecular flexibility index (Phi) is 9.46. The van der Waals surface area contributed by atoms with Gasteiger partial charge in [0.05, 0.1) is 13.2 Å². The van der Waals surface area contributed by atoms with E-state index in [0.29, 0.717) is 26.2 Å². The number of carbonyl (C=O) groups excluding carboxylic acids is 1. The van der Waals surface area contributed by atoms with Gasteiger partial charge in [-0.2, -0.15) is 0 Å². The van der Waals surface area contributed by atoms with Gasteiger partial charge in [0.1, 0.15) is 12.4 Å². The molecule has 0 bridgehead atoms. The fourth-order valence-corrected chi connectivity index (χ4v) is 4.13. The first-order valence-corrected chi connectivity index (χ1v) is 12.6. The van der Waals surface area contributed by atoms with Crippen molar-refractivity contribution >= 4 is 17.7 Å². The third-order valence-electron chi connectivity index (χ3n) is 5.43. The van der Waals surface area contributed by atoms with Gasteiger partial charge < -0.3 is 18.8 Å². The number of hydrogen-bond acceptors (Lipinski definition) is 5. The zero-order valence-corrected chi connectivity index (χ0v) is 20.7. The first-order chi connectivity index (χ1) is 16.0. The summed E-state index contributed by atoms with van der Waals surface area (Å²) in [5, 5.41) is 0. The normalized spacial score (nSPS) is 11.9. The van der Waals surface area contributed by atoms with Crippen molar-refractivity contribution in [1.29, 1.82) is 0 Å². The molecular formula is C27H33NO4S. The Bertz CT molecular complexity index is 1010. The first kappa shape index (κ1) is 24.9. The minimum Gasteiger partial charge on any atom is -0.492 e. The lowest BCUT2D eigenvalue weighted by Crippen LogP contribution is -2.28. The van der Waals surface area contributed by atoms with Gasteiger partial charge in [-0.1, -0.05) is 24.3 Å². The van der Waals surface area contributed by atoms with E-state index in [1.54, 1.807) is 18.7 Å². The van der Waals surface area contributed by atoms with Crippen LogP contribution in [-0.4, -0.2) is 42.7 Å². The number of thioether (sulfide) groups is 1. The quantitative estimate of drug-likeness (QED) is 0.250. The van der Waals surface area contributed by atoms with Gasteiger partial charge in [0.15, 0.2) is 6.10 Å². The molecule has 176 valence electrons. The van der Waals surface area contributed by atoms with E-state index in [0.717, 1.165) is 17.9 Å². The van der Waals surface area contributed by atoms with Gasteiger partial charge in [0, 0.05) is 29.3 Å². The maximum absolute atomic E-state index is 12.1. The number of nitrogens with zero attached hydrogens (tertiary/aromatic N) is 1. The van der Waals surface area contributed by atoms with Crippen molar-refractivity contribution in [2.75, 3.05) is 26.1 Å². The third kappa shape index (κ3) is 6.89. The number of esters is 1. The average molecular weight is 468 g/mol. The molecule has 33 heavy (non-hydrogen) atoms. The molecule has 2 aromatic carbocycles. The maximum atomic E-state index is 12.1. The molecule has 0 aliphatic rings. The van der Waals surface area contributed by atoms with Crippen molar-refractivity contribution < 1.29 is 19.0 Å². The van der Waals surface area contributed by atoms with Crippen molar-refractivity contribution in [3.05, 3.63) is 71.9 Å². The summed E-state index contributed by atoms with van der Waals surface area (Å²) in [6.45, 7) is 7.93. The number of carbonyl (C=O) groups is 1. The molecule has 0 radical (unpaired) electrons. The molecule has 0 spiro atoms. The summed E-state index contributed by atoms with van der Waals surface area (Å²) in [4.78, 5) is 13.3. The molecule has 0 fully saturated rings. The Labute approximate surface area is 201 Å². The predicted octanol–water partition coefficient (Wildman–Crippen LogP) is 5.78. The third-order valence-corrected chi connectivity index (χ3v) is 6.17. The Balaban J connectivity index is 1.58. The Hall–Kier alpha value is -2.70. The molecule has 6 heteroatoms. The summed E-state index contributed by atoms with van der Waals surface area (Å²) < 4.78 is 19.0. The summed E-state index contributed by atoms with van der Waals surface area (Å²) >= 11 is 1.75. The number of ether oxygens (including phenoxy) is 3. The Morgan fingerprint density at radius 2 is 1.70 bits per heavy atom. The van der Waals surface area contributed by atoms with E-state index < -0.39 is 6.10 Å². The van der Waals surface area contributed by atoms with Crippen LogP contribution >= 0.6 is 11.8 Å². The second kappa shape index (κ2) is 12.5. The molecular weight excluding hydrogens is 434 g/mol. The Morgan fingerprint density at radius 3 is 2.33 bits per heavy atom. The number of aromatic nitrogens is 1. The Morgan fingerprint density at radius 1 is 0.970 bits per heavy atom. The molecule has 3 rings (SSSR count). The lowest BCUT2D eigenvalue weighted by molar-refractivity contribution is -0.156. The second-order valence-corrected chi connectivity index (χ2v) is 8.51. The summed E-state index contributed by atoms with van der Waals surface area (Å²) in [5.41, 5.74) is 4.61. The van der Waals surface area contributed by atoms with Gasteiger partial charge in [0.2, 0.25) is 0 Å². The van der Waals surface area contributed by atoms with Crippen LogP contribution in [0, 0.1) is 6.92 Å². The molecule has 0 saturated carbocycles. The highest BCUT2D eigenvalue weighted by molar-refractivity contribution is 7.98. The van der Waals surface area contributed by atoms with Crippen molar-refractivity contribution in [3.63, 3.8) is 0 Å². The number of aryl methyl sites for hydroxylation is 1. The van der Waals surface area contributed by atoms with E-state index in [2.05, 4.69) is 54.1 Å². The van der Waals surface area contributed by atoms with Crippen LogP contribution in [0.5, 0.6) is 5.75 Å². The molecule has 0 aliphatic heterocycles. The van der Waals surface area contributed by atoms with E-state index in [1.807, 2.05) is 31.2 Å². The summed E-state index contributed by atoms with van der Waals surface area (Å²) in [5.74, 6) is 0.485. The van der Waals surface area contributed by atoms with Gasteiger partial charge in [-0.05, 0) is 74.6 Å². The summed E-state index contributed by atoms with van der Waals surface area (Å²) in [6, 6.07) is 20.8. The van der Waals surface area contributed by atoms with Gasteiger partial charge in [-0.15, -0.1) is 11.8 Å². The van der Waals surface area contributed by atoms with Gasteiger partial charge >= 0.3 is 5.97 Å². The zero-order valence-electron chi connectivity index (χ0n) is 19.9. The number of hydrogen-bond donors (Lipinski definition) is 0. The van der Waals surface area contributed by atoms with Crippen molar-refractivity contribution in [2.45, 2.75) is 44.7 Å². The highest BCUT2D eigenvalue weighted by Crippen LogP contribution is 2.25. The van der Waals surface area contributed by atoms with Crippen LogP contribution in [0.4, 0.5) is 0 Å². The van der Waals surface area contributed by atoms with E-state index >= 15 is 0 Å². The van der Waals surface area contributed by atoms with Gasteiger partial charge in [0.25, 0.3) is 0 Å². The standard InChI is InChI=1S/C27H33NO4S/c1-5-30-26(27(29)31-6-2)19-21-8-12-23(13-9-21)32-18-17-28-20(3)7-16-25(28)22-10-14-24(33-4)15-11-22/h7-16,26H,5-6,17-19H2,1-4H3/t26-/m0/s1. The molecule has 0 N–H and O–H groups in total. The molecule has 0 amide bonds. The first-order valence-electron chi connectivity index (χ1n) is 11.4. The van der Waals surface area contributed by atoms with E-state index in [-0.39, 0.29) is 5.97 Å². The van der Waals surface area contributed by atoms with Crippen LogP contribution in [0.3, 0.4) is 0 Å². The molecule has 0 aliphatic carbocycles. The molecule has 1 atom stereocenters. The lowest BCUT2D eigenvalue weighted by Gasteiger charge is -2.16. The smallest absolute Gasteiger partial charge is 0.335 e. The van der Waals surface area contributed by atoms with Crippen molar-refractivity contribution in [2.24, 2.45) is 0 Å². The fourth-order valence-electron chi connectivity index (χ4n) is 3.72. The zero-order chi connectivity index (χ0) is 23.6. The van der Waals surface area contributed by atoms with Crippen LogP contribution in [-0.2, 0) is 27.2 Å². The number of rotatable bonds is 12. The SMILES string of the molecule is CCOC(=O)[C@H](Cc1ccc(OCCn2c(C)ccc2-c2ccc(SC)cc2)cc1)OCC. The summed E-state index contributed by atoms with van der Waals surface area (Å²) in [6.07, 6.45) is 1.99. The predicted molar refractivity (Wildman–Crippen MR) is 134 cm³/mol. The molecule has 1 aromatic heterocycles. The number of benzene rings is 2. The minimum atomic E-state index is -0.582. The largest absolute Gasteiger partial charge is 0.492 e. The summed E-state index contributed by atoms with van der Waals surface area (Å²) in [7, 11) is 0. The van der Waals surface area contributed by atoms with Crippen LogP contribution in [0.25, 0.3) is 11.3 Å². The van der Waals surface area contributed by atoms with E-state index in [9.17, 15) is 4.79 Å². The molecule has 0 unspecified atom stereocenters. The van der Waals surface area contributed by atoms with E-state index in [1.165, 1.54) is 21.8 Å². The van der Waals surface area contributed by atoms with Gasteiger partial charge in [-0.25, -0.2) is 4.79 Å². The topological polar surface area (TPSA) is 49.7 Å². The maximum Gasteiger partial charge on any atom is 0.335 e. The molecule has 3 aromatic rings. The average Bonchev–Trinajstić information content (AvgIpc) is 3.20. The highest BCUT2D eigenvalue weighted by Gasteiger charge is 2.20.